The van der Waals surface area contributed by atoms with Gasteiger partial charge in [0.1, 0.15) is 6.04 Å². The fraction of sp³-hybridized carbons (Fsp3) is 0.429. The van der Waals surface area contributed by atoms with Gasteiger partial charge in [0.05, 0.1) is 6.04 Å². The molecule has 5 heteroatoms. The van der Waals surface area contributed by atoms with Crippen molar-refractivity contribution in [1.82, 2.24) is 10.2 Å². The van der Waals surface area contributed by atoms with Crippen molar-refractivity contribution in [1.29, 1.82) is 0 Å². The van der Waals surface area contributed by atoms with Crippen molar-refractivity contribution < 1.29 is 9.59 Å². The predicted molar refractivity (Wildman–Crippen MR) is 72.2 cm³/mol. The number of carbonyl (C=O) groups excluding carboxylic acids is 2. The summed E-state index contributed by atoms with van der Waals surface area (Å²) in [7, 11) is 1.75. The first-order chi connectivity index (χ1) is 8.99. The van der Waals surface area contributed by atoms with Crippen LogP contribution in [-0.4, -0.2) is 35.8 Å². The lowest BCUT2D eigenvalue weighted by Gasteiger charge is -2.21. The summed E-state index contributed by atoms with van der Waals surface area (Å²) in [4.78, 5) is 25.6. The quantitative estimate of drug-likeness (QED) is 0.789. The maximum Gasteiger partial charge on any atom is 0.245 e. The van der Waals surface area contributed by atoms with Gasteiger partial charge in [0.2, 0.25) is 11.8 Å². The molecule has 19 heavy (non-hydrogen) atoms. The molecule has 0 fully saturated rings. The zero-order valence-corrected chi connectivity index (χ0v) is 11.2. The number of fused-ring (bicyclic) bond motifs is 1. The van der Waals surface area contributed by atoms with Crippen molar-refractivity contribution >= 4 is 11.8 Å². The van der Waals surface area contributed by atoms with E-state index in [2.05, 4.69) is 5.32 Å². The van der Waals surface area contributed by atoms with Crippen LogP contribution in [0.5, 0.6) is 0 Å². The molecule has 2 rings (SSSR count). The lowest BCUT2D eigenvalue weighted by Crippen LogP contribution is -2.51. The predicted octanol–water partition coefficient (Wildman–Crippen LogP) is 0.0331. The van der Waals surface area contributed by atoms with E-state index in [1.165, 1.54) is 0 Å². The maximum absolute atomic E-state index is 12.2. The van der Waals surface area contributed by atoms with Gasteiger partial charge in [-0.15, -0.1) is 0 Å². The number of benzene rings is 1. The minimum absolute atomic E-state index is 0.0785. The summed E-state index contributed by atoms with van der Waals surface area (Å²) in [6.45, 7) is 2.17. The fourth-order valence-corrected chi connectivity index (χ4v) is 2.23. The summed E-state index contributed by atoms with van der Waals surface area (Å²) < 4.78 is 0. The second kappa shape index (κ2) is 5.40. The number of hydrogen-bond acceptors (Lipinski definition) is 3. The molecule has 0 radical (unpaired) electrons. The van der Waals surface area contributed by atoms with Crippen molar-refractivity contribution in [2.45, 2.75) is 32.0 Å². The molecule has 0 saturated carbocycles. The highest BCUT2D eigenvalue weighted by molar-refractivity contribution is 5.90. The average Bonchev–Trinajstić information content (AvgIpc) is 2.49. The largest absolute Gasteiger partial charge is 0.343 e. The van der Waals surface area contributed by atoms with E-state index in [9.17, 15) is 9.59 Å². The third kappa shape index (κ3) is 2.93. The van der Waals surface area contributed by atoms with Crippen LogP contribution in [0, 0.1) is 0 Å². The van der Waals surface area contributed by atoms with E-state index in [0.29, 0.717) is 13.0 Å². The van der Waals surface area contributed by atoms with Crippen LogP contribution in [0.2, 0.25) is 0 Å². The standard InChI is InChI=1S/C14H19N3O2/c1-9(15)13(18)16-12-7-10-5-3-4-6-11(10)8-17(2)14(12)19/h3-6,9,12H,7-8,15H2,1-2H3,(H,16,18)/t9-,12-/m0/s1. The molecular weight excluding hydrogens is 242 g/mol. The summed E-state index contributed by atoms with van der Waals surface area (Å²) >= 11 is 0. The smallest absolute Gasteiger partial charge is 0.245 e. The van der Waals surface area contributed by atoms with Gasteiger partial charge in [-0.25, -0.2) is 0 Å². The van der Waals surface area contributed by atoms with Crippen LogP contribution in [0.25, 0.3) is 0 Å². The molecule has 0 aliphatic carbocycles. The van der Waals surface area contributed by atoms with Gasteiger partial charge in [0, 0.05) is 20.0 Å². The van der Waals surface area contributed by atoms with E-state index in [-0.39, 0.29) is 11.8 Å². The number of hydrogen-bond donors (Lipinski definition) is 2. The minimum atomic E-state index is -0.614. The van der Waals surface area contributed by atoms with Crippen molar-refractivity contribution in [2.24, 2.45) is 5.73 Å². The molecule has 3 N–H and O–H groups in total. The Bertz CT molecular complexity index is 499. The molecule has 1 heterocycles. The summed E-state index contributed by atoms with van der Waals surface area (Å²) in [6.07, 6.45) is 0.512. The van der Waals surface area contributed by atoms with E-state index in [4.69, 9.17) is 5.73 Å². The monoisotopic (exact) mass is 261 g/mol. The first kappa shape index (κ1) is 13.5. The number of rotatable bonds is 2. The number of nitrogens with zero attached hydrogens (tertiary/aromatic N) is 1. The number of amides is 2. The van der Waals surface area contributed by atoms with Gasteiger partial charge in [0.15, 0.2) is 0 Å². The van der Waals surface area contributed by atoms with Gasteiger partial charge in [0.25, 0.3) is 0 Å². The molecule has 1 aromatic carbocycles. The topological polar surface area (TPSA) is 75.4 Å². The summed E-state index contributed by atoms with van der Waals surface area (Å²) in [5, 5.41) is 2.72. The molecule has 0 saturated heterocycles. The summed E-state index contributed by atoms with van der Waals surface area (Å²) in [6, 6.07) is 6.75. The Balaban J connectivity index is 2.24. The summed E-state index contributed by atoms with van der Waals surface area (Å²) in [5.74, 6) is -0.378. The molecular formula is C14H19N3O2. The van der Waals surface area contributed by atoms with Crippen LogP contribution in [0.15, 0.2) is 24.3 Å². The average molecular weight is 261 g/mol. The van der Waals surface area contributed by atoms with Crippen LogP contribution in [-0.2, 0) is 22.6 Å². The second-order valence-corrected chi connectivity index (χ2v) is 5.02. The molecule has 2 atom stereocenters. The van der Waals surface area contributed by atoms with Crippen LogP contribution < -0.4 is 11.1 Å². The Kier molecular flexibility index (Phi) is 3.85. The number of carbonyl (C=O) groups is 2. The lowest BCUT2D eigenvalue weighted by molar-refractivity contribution is -0.135. The Morgan fingerprint density at radius 1 is 1.42 bits per heavy atom. The van der Waals surface area contributed by atoms with E-state index >= 15 is 0 Å². The zero-order valence-electron chi connectivity index (χ0n) is 11.2. The van der Waals surface area contributed by atoms with E-state index in [1.54, 1.807) is 18.9 Å². The molecule has 102 valence electrons. The molecule has 0 spiro atoms. The van der Waals surface area contributed by atoms with Gasteiger partial charge in [-0.3, -0.25) is 9.59 Å². The van der Waals surface area contributed by atoms with Gasteiger partial charge >= 0.3 is 0 Å². The van der Waals surface area contributed by atoms with Crippen LogP contribution in [0.4, 0.5) is 0 Å². The molecule has 5 nitrogen and oxygen atoms in total. The third-order valence-electron chi connectivity index (χ3n) is 3.35. The first-order valence-corrected chi connectivity index (χ1v) is 6.36. The maximum atomic E-state index is 12.2. The van der Waals surface area contributed by atoms with E-state index in [1.807, 2.05) is 24.3 Å². The number of nitrogens with one attached hydrogen (secondary N) is 1. The Labute approximate surface area is 112 Å². The highest BCUT2D eigenvalue weighted by Crippen LogP contribution is 2.18. The van der Waals surface area contributed by atoms with Crippen LogP contribution >= 0.6 is 0 Å². The Morgan fingerprint density at radius 3 is 2.68 bits per heavy atom. The van der Waals surface area contributed by atoms with E-state index < -0.39 is 12.1 Å². The van der Waals surface area contributed by atoms with Gasteiger partial charge < -0.3 is 16.0 Å². The fourth-order valence-electron chi connectivity index (χ4n) is 2.23. The van der Waals surface area contributed by atoms with Crippen molar-refractivity contribution in [3.8, 4) is 0 Å². The van der Waals surface area contributed by atoms with Crippen LogP contribution in [0.3, 0.4) is 0 Å². The van der Waals surface area contributed by atoms with Crippen molar-refractivity contribution in [3.05, 3.63) is 35.4 Å². The normalized spacial score (nSPS) is 20.5. The highest BCUT2D eigenvalue weighted by atomic mass is 16.2. The molecule has 1 aliphatic rings. The molecule has 0 unspecified atom stereocenters. The third-order valence-corrected chi connectivity index (χ3v) is 3.35. The summed E-state index contributed by atoms with van der Waals surface area (Å²) in [5.41, 5.74) is 7.74. The first-order valence-electron chi connectivity index (χ1n) is 6.36. The van der Waals surface area contributed by atoms with E-state index in [0.717, 1.165) is 11.1 Å². The molecule has 1 aliphatic heterocycles. The van der Waals surface area contributed by atoms with Crippen molar-refractivity contribution in [2.75, 3.05) is 7.05 Å². The minimum Gasteiger partial charge on any atom is -0.343 e. The number of likely N-dealkylation sites (N-methyl/N-ethyl adjacent to an activating group) is 1. The zero-order chi connectivity index (χ0) is 14.0. The SMILES string of the molecule is C[C@H](N)C(=O)N[C@H]1Cc2ccccc2CN(C)C1=O. The van der Waals surface area contributed by atoms with Crippen molar-refractivity contribution in [3.63, 3.8) is 0 Å². The van der Waals surface area contributed by atoms with Crippen LogP contribution in [0.1, 0.15) is 18.1 Å². The molecule has 0 bridgehead atoms. The number of nitrogens with two attached hydrogens (primary N) is 1. The van der Waals surface area contributed by atoms with Gasteiger partial charge in [-0.1, -0.05) is 24.3 Å². The molecule has 0 aromatic heterocycles. The molecule has 2 amide bonds. The lowest BCUT2D eigenvalue weighted by atomic mass is 10.0. The molecule has 1 aromatic rings. The second-order valence-electron chi connectivity index (χ2n) is 5.02. The van der Waals surface area contributed by atoms with Gasteiger partial charge in [-0.2, -0.15) is 0 Å². The Morgan fingerprint density at radius 2 is 2.05 bits per heavy atom. The Hall–Kier alpha value is -1.88. The highest BCUT2D eigenvalue weighted by Gasteiger charge is 2.29. The van der Waals surface area contributed by atoms with Gasteiger partial charge in [-0.05, 0) is 18.1 Å².